The molecule has 0 saturated heterocycles. The molecule has 0 heterocycles. The van der Waals surface area contributed by atoms with Crippen molar-refractivity contribution < 1.29 is 0 Å². The van der Waals surface area contributed by atoms with Crippen molar-refractivity contribution >= 4 is 40.6 Å². The maximum absolute atomic E-state index is 3.54. The molecule has 0 fully saturated rings. The van der Waals surface area contributed by atoms with E-state index in [4.69, 9.17) is 0 Å². The largest absolute Gasteiger partial charge is 0.356 e. The van der Waals surface area contributed by atoms with Crippen molar-refractivity contribution in [2.24, 2.45) is 0 Å². The van der Waals surface area contributed by atoms with Crippen molar-refractivity contribution in [3.63, 3.8) is 0 Å². The molecular formula is C40H42N2. The fourth-order valence-electron chi connectivity index (χ4n) is 5.24. The summed E-state index contributed by atoms with van der Waals surface area (Å²) in [5.74, 6) is 0. The van der Waals surface area contributed by atoms with Gasteiger partial charge in [0, 0.05) is 28.4 Å². The number of aryl methyl sites for hydroxylation is 1. The van der Waals surface area contributed by atoms with Crippen molar-refractivity contribution in [3.8, 4) is 0 Å². The van der Waals surface area contributed by atoms with Crippen LogP contribution in [0.3, 0.4) is 0 Å². The molecular weight excluding hydrogens is 508 g/mol. The van der Waals surface area contributed by atoms with Gasteiger partial charge in [-0.15, -0.1) is 0 Å². The third-order valence-electron chi connectivity index (χ3n) is 7.62. The quantitative estimate of drug-likeness (QED) is 0.109. The number of benzene rings is 5. The molecule has 0 aliphatic carbocycles. The fraction of sp³-hybridized carbons (Fsp3) is 0.200. The Labute approximate surface area is 252 Å². The predicted molar refractivity (Wildman–Crippen MR) is 183 cm³/mol. The van der Waals surface area contributed by atoms with Crippen molar-refractivity contribution in [3.05, 3.63) is 150 Å². The van der Waals surface area contributed by atoms with Crippen LogP contribution in [0.4, 0.5) is 28.4 Å². The summed E-state index contributed by atoms with van der Waals surface area (Å²) in [6, 6.07) is 47.2. The number of nitrogens with one attached hydrogen (secondary N) is 1. The predicted octanol–water partition coefficient (Wildman–Crippen LogP) is 12.0. The van der Waals surface area contributed by atoms with Gasteiger partial charge >= 0.3 is 0 Å². The van der Waals surface area contributed by atoms with Gasteiger partial charge in [-0.1, -0.05) is 124 Å². The van der Waals surface area contributed by atoms with E-state index in [2.05, 4.69) is 163 Å². The van der Waals surface area contributed by atoms with E-state index in [1.807, 2.05) is 0 Å². The zero-order chi connectivity index (χ0) is 28.8. The van der Waals surface area contributed by atoms with Gasteiger partial charge in [0.1, 0.15) is 0 Å². The minimum atomic E-state index is 1.10. The fourth-order valence-corrected chi connectivity index (χ4v) is 5.24. The zero-order valence-electron chi connectivity index (χ0n) is 24.8. The Bertz CT molecular complexity index is 1450. The SMILES string of the molecule is CCCCCCCCc1ccc(Nc2ccc(/C=C/c3ccc(N(c4ccccc4)c4ccccc4)cc3)cc2)cc1. The second kappa shape index (κ2) is 15.4. The van der Waals surface area contributed by atoms with E-state index in [0.29, 0.717) is 0 Å². The van der Waals surface area contributed by atoms with Crippen LogP contribution in [-0.4, -0.2) is 0 Å². The lowest BCUT2D eigenvalue weighted by atomic mass is 10.0. The van der Waals surface area contributed by atoms with E-state index in [9.17, 15) is 0 Å². The number of unbranched alkanes of at least 4 members (excludes halogenated alkanes) is 5. The first-order valence-corrected chi connectivity index (χ1v) is 15.4. The summed E-state index contributed by atoms with van der Waals surface area (Å²) in [5.41, 5.74) is 9.42. The first-order valence-electron chi connectivity index (χ1n) is 15.4. The highest BCUT2D eigenvalue weighted by atomic mass is 15.1. The van der Waals surface area contributed by atoms with Crippen LogP contribution in [0.25, 0.3) is 12.2 Å². The Hall–Kier alpha value is -4.56. The molecule has 0 saturated carbocycles. The standard InChI is InChI=1S/C40H42N2/c1-2-3-4-5-6-9-14-33-21-27-36(28-22-33)41-37-29-23-34(24-30-37)19-20-35-25-31-40(32-26-35)42(38-15-10-7-11-16-38)39-17-12-8-13-18-39/h7-8,10-13,15-32,41H,2-6,9,14H2,1H3/b20-19+. The average molecular weight is 551 g/mol. The Morgan fingerprint density at radius 3 is 1.48 bits per heavy atom. The molecule has 0 amide bonds. The lowest BCUT2D eigenvalue weighted by Crippen LogP contribution is -2.09. The molecule has 5 aromatic rings. The van der Waals surface area contributed by atoms with Gasteiger partial charge < -0.3 is 10.2 Å². The van der Waals surface area contributed by atoms with Crippen molar-refractivity contribution in [1.82, 2.24) is 0 Å². The number of anilines is 5. The van der Waals surface area contributed by atoms with Crippen LogP contribution in [0.15, 0.2) is 133 Å². The number of hydrogen-bond acceptors (Lipinski definition) is 2. The van der Waals surface area contributed by atoms with Gasteiger partial charge in [-0.2, -0.15) is 0 Å². The first-order chi connectivity index (χ1) is 20.8. The van der Waals surface area contributed by atoms with Crippen LogP contribution in [0.5, 0.6) is 0 Å². The molecule has 5 rings (SSSR count). The van der Waals surface area contributed by atoms with E-state index >= 15 is 0 Å². The maximum atomic E-state index is 3.54. The molecule has 5 aromatic carbocycles. The van der Waals surface area contributed by atoms with E-state index < -0.39 is 0 Å². The van der Waals surface area contributed by atoms with Gasteiger partial charge in [-0.05, 0) is 90.2 Å². The van der Waals surface area contributed by atoms with E-state index in [-0.39, 0.29) is 0 Å². The van der Waals surface area contributed by atoms with Crippen molar-refractivity contribution in [2.75, 3.05) is 10.2 Å². The summed E-state index contributed by atoms with van der Waals surface area (Å²) >= 11 is 0. The summed E-state index contributed by atoms with van der Waals surface area (Å²) in [6.45, 7) is 2.27. The summed E-state index contributed by atoms with van der Waals surface area (Å²) in [4.78, 5) is 2.28. The molecule has 0 bridgehead atoms. The van der Waals surface area contributed by atoms with Crippen LogP contribution < -0.4 is 10.2 Å². The molecule has 0 radical (unpaired) electrons. The van der Waals surface area contributed by atoms with E-state index in [1.165, 1.54) is 61.6 Å². The Morgan fingerprint density at radius 1 is 0.476 bits per heavy atom. The average Bonchev–Trinajstić information content (AvgIpc) is 3.05. The van der Waals surface area contributed by atoms with Gasteiger partial charge in [-0.3, -0.25) is 0 Å². The highest BCUT2D eigenvalue weighted by Gasteiger charge is 2.11. The van der Waals surface area contributed by atoms with Gasteiger partial charge in [0.15, 0.2) is 0 Å². The summed E-state index contributed by atoms with van der Waals surface area (Å²) in [6.07, 6.45) is 13.6. The number of rotatable bonds is 14. The van der Waals surface area contributed by atoms with Gasteiger partial charge in [-0.25, -0.2) is 0 Å². The van der Waals surface area contributed by atoms with Crippen LogP contribution in [0, 0.1) is 0 Å². The Morgan fingerprint density at radius 2 is 0.929 bits per heavy atom. The minimum absolute atomic E-state index is 1.10. The smallest absolute Gasteiger partial charge is 0.0462 e. The number of hydrogen-bond donors (Lipinski definition) is 1. The van der Waals surface area contributed by atoms with E-state index in [0.717, 1.165) is 28.4 Å². The molecule has 1 N–H and O–H groups in total. The molecule has 212 valence electrons. The third kappa shape index (κ3) is 8.47. The molecule has 2 nitrogen and oxygen atoms in total. The monoisotopic (exact) mass is 550 g/mol. The molecule has 0 unspecified atom stereocenters. The zero-order valence-corrected chi connectivity index (χ0v) is 24.8. The molecule has 0 atom stereocenters. The lowest BCUT2D eigenvalue weighted by Gasteiger charge is -2.25. The minimum Gasteiger partial charge on any atom is -0.356 e. The van der Waals surface area contributed by atoms with Crippen LogP contribution >= 0.6 is 0 Å². The molecule has 0 aliphatic rings. The Balaban J connectivity index is 1.16. The molecule has 2 heteroatoms. The molecule has 0 aliphatic heterocycles. The van der Waals surface area contributed by atoms with Crippen molar-refractivity contribution in [2.45, 2.75) is 51.9 Å². The van der Waals surface area contributed by atoms with Crippen LogP contribution in [0.1, 0.15) is 62.1 Å². The first kappa shape index (κ1) is 29.0. The molecule has 42 heavy (non-hydrogen) atoms. The normalized spacial score (nSPS) is 11.1. The van der Waals surface area contributed by atoms with Crippen LogP contribution in [-0.2, 0) is 6.42 Å². The second-order valence-corrected chi connectivity index (χ2v) is 10.9. The topological polar surface area (TPSA) is 15.3 Å². The third-order valence-corrected chi connectivity index (χ3v) is 7.62. The summed E-state index contributed by atoms with van der Waals surface area (Å²) < 4.78 is 0. The van der Waals surface area contributed by atoms with Gasteiger partial charge in [0.05, 0.1) is 0 Å². The summed E-state index contributed by atoms with van der Waals surface area (Å²) in [5, 5.41) is 3.54. The second-order valence-electron chi connectivity index (χ2n) is 10.9. The number of para-hydroxylation sites is 2. The maximum Gasteiger partial charge on any atom is 0.0462 e. The molecule has 0 spiro atoms. The Kier molecular flexibility index (Phi) is 10.6. The highest BCUT2D eigenvalue weighted by Crippen LogP contribution is 2.34. The van der Waals surface area contributed by atoms with Crippen molar-refractivity contribution in [1.29, 1.82) is 0 Å². The van der Waals surface area contributed by atoms with Crippen LogP contribution in [0.2, 0.25) is 0 Å². The highest BCUT2D eigenvalue weighted by molar-refractivity contribution is 5.78. The number of nitrogens with zero attached hydrogens (tertiary/aromatic N) is 1. The van der Waals surface area contributed by atoms with Gasteiger partial charge in [0.2, 0.25) is 0 Å². The lowest BCUT2D eigenvalue weighted by molar-refractivity contribution is 0.607. The summed E-state index contributed by atoms with van der Waals surface area (Å²) in [7, 11) is 0. The van der Waals surface area contributed by atoms with E-state index in [1.54, 1.807) is 0 Å². The van der Waals surface area contributed by atoms with Gasteiger partial charge in [0.25, 0.3) is 0 Å². The molecule has 0 aromatic heterocycles.